The summed E-state index contributed by atoms with van der Waals surface area (Å²) >= 11 is 0. The average molecular weight is 355 g/mol. The van der Waals surface area contributed by atoms with Crippen molar-refractivity contribution in [3.05, 3.63) is 30.1 Å². The van der Waals surface area contributed by atoms with Gasteiger partial charge < -0.3 is 19.8 Å². The zero-order valence-electron chi connectivity index (χ0n) is 15.6. The molecule has 26 heavy (non-hydrogen) atoms. The molecule has 0 unspecified atom stereocenters. The number of imidazole rings is 1. The number of ether oxygens (including phenoxy) is 2. The maximum Gasteiger partial charge on any atom is 0.176 e. The lowest BCUT2D eigenvalue weighted by atomic mass is 10.2. The first-order valence-corrected chi connectivity index (χ1v) is 8.81. The van der Waals surface area contributed by atoms with E-state index in [9.17, 15) is 0 Å². The molecule has 1 aliphatic rings. The summed E-state index contributed by atoms with van der Waals surface area (Å²) in [6, 6.07) is 5.93. The van der Waals surface area contributed by atoms with Gasteiger partial charge in [0.1, 0.15) is 29.6 Å². The van der Waals surface area contributed by atoms with Crippen molar-refractivity contribution < 1.29 is 9.47 Å². The number of amidine groups is 1. The minimum absolute atomic E-state index is 0.0987. The van der Waals surface area contributed by atoms with Crippen molar-refractivity contribution in [2.45, 2.75) is 46.4 Å². The Balaban J connectivity index is 2.03. The maximum atomic E-state index is 5.90. The normalized spacial score (nSPS) is 14.3. The van der Waals surface area contributed by atoms with Crippen LogP contribution in [0.2, 0.25) is 0 Å². The molecule has 0 spiro atoms. The van der Waals surface area contributed by atoms with E-state index < -0.39 is 0 Å². The summed E-state index contributed by atoms with van der Waals surface area (Å²) in [7, 11) is 0. The number of aliphatic imine (C=N–C) groups is 2. The molecular formula is C19H25N5O2. The first-order valence-electron chi connectivity index (χ1n) is 8.81. The summed E-state index contributed by atoms with van der Waals surface area (Å²) < 4.78 is 13.7. The lowest BCUT2D eigenvalue weighted by Crippen LogP contribution is -2.07. The van der Waals surface area contributed by atoms with Crippen molar-refractivity contribution in [3.8, 4) is 22.9 Å². The quantitative estimate of drug-likeness (QED) is 0.675. The molecule has 7 heteroatoms. The number of nitrogens with two attached hydrogens (primary N) is 1. The maximum absolute atomic E-state index is 5.90. The smallest absolute Gasteiger partial charge is 0.176 e. The van der Waals surface area contributed by atoms with E-state index in [1.807, 2.05) is 52.1 Å². The predicted molar refractivity (Wildman–Crippen MR) is 103 cm³/mol. The van der Waals surface area contributed by atoms with Gasteiger partial charge in [-0.05, 0) is 39.8 Å². The monoisotopic (exact) mass is 355 g/mol. The van der Waals surface area contributed by atoms with Crippen molar-refractivity contribution >= 4 is 12.2 Å². The van der Waals surface area contributed by atoms with E-state index >= 15 is 0 Å². The van der Waals surface area contributed by atoms with Gasteiger partial charge in [-0.3, -0.25) is 4.99 Å². The van der Waals surface area contributed by atoms with Crippen LogP contribution < -0.4 is 15.2 Å². The summed E-state index contributed by atoms with van der Waals surface area (Å²) in [6.45, 7) is 9.23. The van der Waals surface area contributed by atoms with E-state index in [2.05, 4.69) is 14.6 Å². The second-order valence-corrected chi connectivity index (χ2v) is 6.64. The third-order valence-electron chi connectivity index (χ3n) is 3.74. The molecule has 0 amide bonds. The molecule has 1 aliphatic heterocycles. The van der Waals surface area contributed by atoms with E-state index in [4.69, 9.17) is 20.2 Å². The number of hydrogen-bond acceptors (Lipinski definition) is 4. The number of fused-ring (bicyclic) bond motifs is 3. The van der Waals surface area contributed by atoms with Gasteiger partial charge in [0.2, 0.25) is 0 Å². The molecule has 0 fully saturated rings. The van der Waals surface area contributed by atoms with Gasteiger partial charge in [-0.25, -0.2) is 9.98 Å². The fourth-order valence-corrected chi connectivity index (χ4v) is 2.80. The van der Waals surface area contributed by atoms with Gasteiger partial charge >= 0.3 is 0 Å². The van der Waals surface area contributed by atoms with Crippen LogP contribution in [-0.4, -0.2) is 40.5 Å². The van der Waals surface area contributed by atoms with E-state index in [-0.39, 0.29) is 12.1 Å². The van der Waals surface area contributed by atoms with Crippen LogP contribution in [0.25, 0.3) is 11.4 Å². The zero-order chi connectivity index (χ0) is 18.7. The largest absolute Gasteiger partial charge is 0.491 e. The number of rotatable bonds is 4. The van der Waals surface area contributed by atoms with Gasteiger partial charge in [-0.1, -0.05) is 0 Å². The second-order valence-electron chi connectivity index (χ2n) is 6.64. The number of nitrogens with zero attached hydrogens (tertiary/aromatic N) is 4. The predicted octanol–water partition coefficient (Wildman–Crippen LogP) is 2.87. The molecule has 138 valence electrons. The highest BCUT2D eigenvalue weighted by molar-refractivity contribution is 6.01. The Labute approximate surface area is 153 Å². The first-order chi connectivity index (χ1) is 12.5. The molecule has 1 aromatic heterocycles. The summed E-state index contributed by atoms with van der Waals surface area (Å²) in [5.41, 5.74) is 7.10. The van der Waals surface area contributed by atoms with E-state index in [0.717, 1.165) is 22.9 Å². The molecule has 2 aromatic rings. The molecule has 2 heterocycles. The highest BCUT2D eigenvalue weighted by Gasteiger charge is 2.21. The highest BCUT2D eigenvalue weighted by atomic mass is 16.5. The number of benzene rings is 1. The Morgan fingerprint density at radius 1 is 1.35 bits per heavy atom. The Bertz CT molecular complexity index is 836. The topological polar surface area (TPSA) is 87.0 Å². The third-order valence-corrected chi connectivity index (χ3v) is 3.74. The van der Waals surface area contributed by atoms with Gasteiger partial charge in [0.05, 0.1) is 24.6 Å². The second kappa shape index (κ2) is 7.59. The Kier molecular flexibility index (Phi) is 5.25. The molecular weight excluding hydrogens is 330 g/mol. The summed E-state index contributed by atoms with van der Waals surface area (Å²) in [4.78, 5) is 13.5. The first kappa shape index (κ1) is 18.0. The molecule has 0 radical (unpaired) electrons. The van der Waals surface area contributed by atoms with Gasteiger partial charge in [0.15, 0.2) is 5.84 Å². The summed E-state index contributed by atoms with van der Waals surface area (Å²) in [6.07, 6.45) is 3.30. The number of aromatic nitrogens is 2. The minimum Gasteiger partial charge on any atom is -0.491 e. The Morgan fingerprint density at radius 3 is 2.85 bits per heavy atom. The molecule has 0 saturated carbocycles. The average Bonchev–Trinajstić information content (AvgIpc) is 2.90. The van der Waals surface area contributed by atoms with Gasteiger partial charge in [-0.2, -0.15) is 0 Å². The van der Waals surface area contributed by atoms with E-state index in [1.54, 1.807) is 0 Å². The molecule has 1 aromatic carbocycles. The lowest BCUT2D eigenvalue weighted by Gasteiger charge is -2.12. The lowest BCUT2D eigenvalue weighted by molar-refractivity contribution is 0.240. The van der Waals surface area contributed by atoms with Crippen LogP contribution in [0, 0.1) is 0 Å². The van der Waals surface area contributed by atoms with Crippen LogP contribution in [-0.2, 0) is 6.54 Å². The Morgan fingerprint density at radius 2 is 2.15 bits per heavy atom. The SMILES string of the molecule is CC(C)N=C(N=CN)c1cn2c(n1)-c1ccc(OC(C)C)cc1OCC2. The molecule has 2 N–H and O–H groups in total. The van der Waals surface area contributed by atoms with Gasteiger partial charge in [-0.15, -0.1) is 0 Å². The van der Waals surface area contributed by atoms with Crippen LogP contribution in [0.15, 0.2) is 34.4 Å². The fraction of sp³-hybridized carbons (Fsp3) is 0.421. The Hall–Kier alpha value is -2.83. The van der Waals surface area contributed by atoms with Crippen molar-refractivity contribution in [1.29, 1.82) is 0 Å². The van der Waals surface area contributed by atoms with E-state index in [0.29, 0.717) is 24.7 Å². The standard InChI is InChI=1S/C19H25N5O2/c1-12(2)22-18(21-11-20)16-10-24-7-8-25-17-9-14(26-13(3)4)5-6-15(17)19(24)23-16/h5-6,9-13H,7-8H2,1-4H3,(H2,20,21,22). The summed E-state index contributed by atoms with van der Waals surface area (Å²) in [5, 5.41) is 0. The van der Waals surface area contributed by atoms with Crippen LogP contribution in [0.5, 0.6) is 11.5 Å². The van der Waals surface area contributed by atoms with E-state index in [1.165, 1.54) is 6.34 Å². The van der Waals surface area contributed by atoms with Crippen LogP contribution in [0.1, 0.15) is 33.4 Å². The molecule has 7 nitrogen and oxygen atoms in total. The van der Waals surface area contributed by atoms with Crippen LogP contribution in [0.4, 0.5) is 0 Å². The van der Waals surface area contributed by atoms with Gasteiger partial charge in [0.25, 0.3) is 0 Å². The molecule has 0 aliphatic carbocycles. The molecule has 3 rings (SSSR count). The van der Waals surface area contributed by atoms with Gasteiger partial charge in [0, 0.05) is 18.3 Å². The van der Waals surface area contributed by atoms with Crippen LogP contribution in [0.3, 0.4) is 0 Å². The third kappa shape index (κ3) is 3.87. The molecule has 0 atom stereocenters. The van der Waals surface area contributed by atoms with Crippen molar-refractivity contribution in [2.75, 3.05) is 6.61 Å². The van der Waals surface area contributed by atoms with Crippen molar-refractivity contribution in [2.24, 2.45) is 15.7 Å². The molecule has 0 bridgehead atoms. The van der Waals surface area contributed by atoms with Crippen molar-refractivity contribution in [3.63, 3.8) is 0 Å². The van der Waals surface area contributed by atoms with Crippen molar-refractivity contribution in [1.82, 2.24) is 9.55 Å². The zero-order valence-corrected chi connectivity index (χ0v) is 15.6. The van der Waals surface area contributed by atoms with Crippen LogP contribution >= 0.6 is 0 Å². The summed E-state index contributed by atoms with van der Waals surface area (Å²) in [5.74, 6) is 2.91. The highest BCUT2D eigenvalue weighted by Crippen LogP contribution is 2.35. The molecule has 0 saturated heterocycles. The minimum atomic E-state index is 0.0987. The fourth-order valence-electron chi connectivity index (χ4n) is 2.80. The number of hydrogen-bond donors (Lipinski definition) is 1.